The molecule has 0 amide bonds. The number of hydrogen-bond donors (Lipinski definition) is 0. The van der Waals surface area contributed by atoms with E-state index < -0.39 is 6.10 Å². The molecule has 0 radical (unpaired) electrons. The second kappa shape index (κ2) is 61.2. The SMILES string of the molecule is CCCCC/C=C\C/C=C\CCCCCCCCCCCCOCC(COC(=O)CCCCCCCCC/C=C\CCCCCCCC)OC(=O)CCCCCCCCC/C=C\CCCCCCCC. The molecule has 0 N–H and O–H groups in total. The van der Waals surface area contributed by atoms with E-state index in [-0.39, 0.29) is 25.2 Å². The number of carbonyl (C=O) groups is 2. The van der Waals surface area contributed by atoms with Crippen LogP contribution in [-0.4, -0.2) is 37.9 Å². The minimum Gasteiger partial charge on any atom is -0.462 e. The monoisotopic (exact) mass is 981 g/mol. The Labute approximate surface area is 437 Å². The number of allylic oxidation sites excluding steroid dienone is 8. The first-order valence-electron chi connectivity index (χ1n) is 31.2. The van der Waals surface area contributed by atoms with Crippen LogP contribution in [0, 0.1) is 0 Å². The molecule has 0 spiro atoms. The van der Waals surface area contributed by atoms with Gasteiger partial charge < -0.3 is 14.2 Å². The minimum absolute atomic E-state index is 0.0831. The van der Waals surface area contributed by atoms with Gasteiger partial charge in [-0.3, -0.25) is 9.59 Å². The summed E-state index contributed by atoms with van der Waals surface area (Å²) in [5.74, 6) is -0.392. The Balaban J connectivity index is 4.26. The lowest BCUT2D eigenvalue weighted by Gasteiger charge is -2.18. The van der Waals surface area contributed by atoms with Crippen molar-refractivity contribution >= 4 is 11.9 Å². The summed E-state index contributed by atoms with van der Waals surface area (Å²) in [5, 5.41) is 0. The molecule has 0 saturated heterocycles. The van der Waals surface area contributed by atoms with Gasteiger partial charge in [-0.2, -0.15) is 0 Å². The third-order valence-electron chi connectivity index (χ3n) is 13.8. The fraction of sp³-hybridized carbons (Fsp3) is 0.846. The third-order valence-corrected chi connectivity index (χ3v) is 13.8. The van der Waals surface area contributed by atoms with Crippen molar-refractivity contribution in [2.75, 3.05) is 19.8 Å². The van der Waals surface area contributed by atoms with E-state index in [1.54, 1.807) is 0 Å². The molecule has 70 heavy (non-hydrogen) atoms. The van der Waals surface area contributed by atoms with Crippen molar-refractivity contribution in [2.45, 2.75) is 335 Å². The topological polar surface area (TPSA) is 61.8 Å². The van der Waals surface area contributed by atoms with E-state index in [1.807, 2.05) is 0 Å². The molecule has 0 aromatic rings. The molecule has 0 aliphatic carbocycles. The number of hydrogen-bond acceptors (Lipinski definition) is 5. The zero-order chi connectivity index (χ0) is 50.6. The van der Waals surface area contributed by atoms with Gasteiger partial charge in [0, 0.05) is 19.4 Å². The quantitative estimate of drug-likeness (QED) is 0.0345. The zero-order valence-electron chi connectivity index (χ0n) is 47.3. The predicted octanol–water partition coefficient (Wildman–Crippen LogP) is 21.5. The molecule has 5 nitrogen and oxygen atoms in total. The molecule has 0 heterocycles. The van der Waals surface area contributed by atoms with Gasteiger partial charge in [0.2, 0.25) is 0 Å². The number of unbranched alkanes of at least 4 members (excludes halogenated alkanes) is 39. The Kier molecular flexibility index (Phi) is 59.3. The van der Waals surface area contributed by atoms with Crippen molar-refractivity contribution in [1.29, 1.82) is 0 Å². The highest BCUT2D eigenvalue weighted by Crippen LogP contribution is 2.16. The normalized spacial score (nSPS) is 12.4. The molecule has 0 aliphatic rings. The maximum atomic E-state index is 12.9. The van der Waals surface area contributed by atoms with Crippen LogP contribution in [0.4, 0.5) is 0 Å². The lowest BCUT2D eigenvalue weighted by molar-refractivity contribution is -0.163. The first-order valence-corrected chi connectivity index (χ1v) is 31.2. The van der Waals surface area contributed by atoms with Gasteiger partial charge in [-0.15, -0.1) is 0 Å². The fourth-order valence-corrected chi connectivity index (χ4v) is 9.12. The molecule has 1 atom stereocenters. The van der Waals surface area contributed by atoms with Crippen LogP contribution in [0.5, 0.6) is 0 Å². The molecule has 0 saturated carbocycles. The van der Waals surface area contributed by atoms with Gasteiger partial charge in [0.15, 0.2) is 6.10 Å². The second-order valence-corrected chi connectivity index (χ2v) is 21.0. The van der Waals surface area contributed by atoms with Gasteiger partial charge in [-0.1, -0.05) is 262 Å². The van der Waals surface area contributed by atoms with E-state index in [9.17, 15) is 9.59 Å². The molecule has 1 unspecified atom stereocenters. The lowest BCUT2D eigenvalue weighted by Crippen LogP contribution is -2.30. The number of esters is 2. The fourth-order valence-electron chi connectivity index (χ4n) is 9.12. The van der Waals surface area contributed by atoms with Crippen LogP contribution >= 0.6 is 0 Å². The molecule has 0 aliphatic heterocycles. The molecule has 0 aromatic carbocycles. The highest BCUT2D eigenvalue weighted by molar-refractivity contribution is 5.70. The molecule has 0 aromatic heterocycles. The highest BCUT2D eigenvalue weighted by Gasteiger charge is 2.17. The first-order chi connectivity index (χ1) is 34.6. The standard InChI is InChI=1S/C65H120O5/c1-4-7-10-13-16-19-22-25-28-31-32-33-36-39-42-45-48-51-54-57-60-68-61-63(70-65(67)59-56-53-50-47-44-41-38-35-30-27-24-21-18-15-12-9-6-3)62-69-64(66)58-55-52-49-46-43-40-37-34-29-26-23-20-17-14-11-8-5-2/h16,19,25-30,63H,4-15,17-18,20-24,31-62H2,1-3H3/b19-16-,28-25-,29-26-,30-27-. The van der Waals surface area contributed by atoms with E-state index in [4.69, 9.17) is 14.2 Å². The average molecular weight is 982 g/mol. The maximum Gasteiger partial charge on any atom is 0.306 e. The van der Waals surface area contributed by atoms with Crippen molar-refractivity contribution in [3.63, 3.8) is 0 Å². The summed E-state index contributed by atoms with van der Waals surface area (Å²) in [6.07, 6.45) is 77.1. The van der Waals surface area contributed by atoms with Crippen LogP contribution in [0.25, 0.3) is 0 Å². The number of rotatable bonds is 58. The zero-order valence-corrected chi connectivity index (χ0v) is 47.3. The van der Waals surface area contributed by atoms with Crippen molar-refractivity contribution in [3.05, 3.63) is 48.6 Å². The van der Waals surface area contributed by atoms with E-state index in [1.165, 1.54) is 244 Å². The largest absolute Gasteiger partial charge is 0.462 e. The van der Waals surface area contributed by atoms with Crippen LogP contribution in [0.1, 0.15) is 329 Å². The Hall–Kier alpha value is -2.14. The molecular formula is C65H120O5. The van der Waals surface area contributed by atoms with Crippen molar-refractivity contribution in [3.8, 4) is 0 Å². The van der Waals surface area contributed by atoms with Gasteiger partial charge in [0.25, 0.3) is 0 Å². The van der Waals surface area contributed by atoms with Crippen LogP contribution in [0.15, 0.2) is 48.6 Å². The third kappa shape index (κ3) is 58.4. The summed E-state index contributed by atoms with van der Waals surface area (Å²) < 4.78 is 17.5. The predicted molar refractivity (Wildman–Crippen MR) is 307 cm³/mol. The van der Waals surface area contributed by atoms with E-state index in [0.29, 0.717) is 19.4 Å². The smallest absolute Gasteiger partial charge is 0.306 e. The Bertz CT molecular complexity index is 1150. The molecule has 410 valence electrons. The van der Waals surface area contributed by atoms with E-state index in [2.05, 4.69) is 69.4 Å². The highest BCUT2D eigenvalue weighted by atomic mass is 16.6. The van der Waals surface area contributed by atoms with Crippen molar-refractivity contribution in [1.82, 2.24) is 0 Å². The van der Waals surface area contributed by atoms with Crippen LogP contribution in [0.3, 0.4) is 0 Å². The van der Waals surface area contributed by atoms with Crippen molar-refractivity contribution in [2.24, 2.45) is 0 Å². The summed E-state index contributed by atoms with van der Waals surface area (Å²) in [6.45, 7) is 7.84. The first kappa shape index (κ1) is 67.9. The maximum absolute atomic E-state index is 12.9. The minimum atomic E-state index is -0.542. The summed E-state index contributed by atoms with van der Waals surface area (Å²) in [5.41, 5.74) is 0. The van der Waals surface area contributed by atoms with Crippen LogP contribution in [0.2, 0.25) is 0 Å². The van der Waals surface area contributed by atoms with E-state index >= 15 is 0 Å². The van der Waals surface area contributed by atoms with Gasteiger partial charge in [0.1, 0.15) is 6.61 Å². The summed E-state index contributed by atoms with van der Waals surface area (Å²) >= 11 is 0. The van der Waals surface area contributed by atoms with Gasteiger partial charge in [-0.05, 0) is 103 Å². The Morgan fingerprint density at radius 2 is 0.600 bits per heavy atom. The molecule has 0 rings (SSSR count). The van der Waals surface area contributed by atoms with Gasteiger partial charge >= 0.3 is 11.9 Å². The Morgan fingerprint density at radius 1 is 0.314 bits per heavy atom. The lowest BCUT2D eigenvalue weighted by atomic mass is 10.1. The summed E-state index contributed by atoms with van der Waals surface area (Å²) in [7, 11) is 0. The van der Waals surface area contributed by atoms with Crippen molar-refractivity contribution < 1.29 is 23.8 Å². The van der Waals surface area contributed by atoms with E-state index in [0.717, 1.165) is 51.4 Å². The molecule has 0 fully saturated rings. The van der Waals surface area contributed by atoms with Gasteiger partial charge in [-0.25, -0.2) is 0 Å². The van der Waals surface area contributed by atoms with Crippen LogP contribution < -0.4 is 0 Å². The summed E-state index contributed by atoms with van der Waals surface area (Å²) in [6, 6.07) is 0. The van der Waals surface area contributed by atoms with Gasteiger partial charge in [0.05, 0.1) is 6.61 Å². The summed E-state index contributed by atoms with van der Waals surface area (Å²) in [4.78, 5) is 25.6. The number of ether oxygens (including phenoxy) is 3. The molecule has 5 heteroatoms. The average Bonchev–Trinajstić information content (AvgIpc) is 3.36. The Morgan fingerprint density at radius 3 is 0.986 bits per heavy atom. The molecular weight excluding hydrogens is 861 g/mol. The molecule has 0 bridgehead atoms. The van der Waals surface area contributed by atoms with Crippen LogP contribution in [-0.2, 0) is 23.8 Å². The number of carbonyl (C=O) groups excluding carboxylic acids is 2. The second-order valence-electron chi connectivity index (χ2n) is 21.0.